The van der Waals surface area contributed by atoms with Gasteiger partial charge in [0, 0.05) is 24.3 Å². The average molecular weight is 350 g/mol. The number of rotatable bonds is 11. The Morgan fingerprint density at radius 3 is 2.39 bits per heavy atom. The molecular weight excluding hydrogens is 324 g/mol. The van der Waals surface area contributed by atoms with E-state index in [1.807, 2.05) is 0 Å². The van der Waals surface area contributed by atoms with Gasteiger partial charge in [-0.1, -0.05) is 25.7 Å². The quantitative estimate of drug-likeness (QED) is 0.333. The maximum absolute atomic E-state index is 12.2. The van der Waals surface area contributed by atoms with Crippen molar-refractivity contribution < 1.29 is 23.2 Å². The molecule has 2 unspecified atom stereocenters. The van der Waals surface area contributed by atoms with Crippen molar-refractivity contribution in [2.75, 3.05) is 6.54 Å². The van der Waals surface area contributed by atoms with E-state index < -0.39 is 32.2 Å². The monoisotopic (exact) mass is 350 g/mol. The third-order valence-electron chi connectivity index (χ3n) is 4.21. The Labute approximate surface area is 136 Å². The third kappa shape index (κ3) is 7.26. The van der Waals surface area contributed by atoms with Gasteiger partial charge in [0.25, 0.3) is 0 Å². The fourth-order valence-corrected chi connectivity index (χ4v) is 4.70. The van der Waals surface area contributed by atoms with Crippen LogP contribution in [0, 0.1) is 10.1 Å². The third-order valence-corrected chi connectivity index (χ3v) is 6.16. The molecule has 1 aliphatic rings. The van der Waals surface area contributed by atoms with Crippen LogP contribution in [0.25, 0.3) is 0 Å². The largest absolute Gasteiger partial charge is 0.481 e. The topological polar surface area (TPSA) is 127 Å². The molecule has 1 fully saturated rings. The zero-order valence-electron chi connectivity index (χ0n) is 13.3. The number of aliphatic carboxylic acids is 1. The van der Waals surface area contributed by atoms with E-state index in [0.717, 1.165) is 19.3 Å². The lowest BCUT2D eigenvalue weighted by Crippen LogP contribution is -2.47. The summed E-state index contributed by atoms with van der Waals surface area (Å²) < 4.78 is 27.0. The van der Waals surface area contributed by atoms with Crippen LogP contribution < -0.4 is 4.72 Å². The van der Waals surface area contributed by atoms with Gasteiger partial charge >= 0.3 is 5.97 Å². The molecule has 23 heavy (non-hydrogen) atoms. The van der Waals surface area contributed by atoms with Crippen molar-refractivity contribution in [3.8, 4) is 0 Å². The summed E-state index contributed by atoms with van der Waals surface area (Å²) in [7, 11) is -3.66. The van der Waals surface area contributed by atoms with Gasteiger partial charge in [0.2, 0.25) is 16.1 Å². The van der Waals surface area contributed by atoms with E-state index in [4.69, 9.17) is 5.11 Å². The standard InChI is InChI=1S/C14H26N2O6S/c17-14(18)10-4-2-1-3-7-11-15-23(21,22)13-9-6-5-8-12(13)16(19)20/h12-13,15H,1-11H2,(H,17,18). The van der Waals surface area contributed by atoms with Crippen molar-refractivity contribution in [1.82, 2.24) is 4.72 Å². The minimum Gasteiger partial charge on any atom is -0.481 e. The summed E-state index contributed by atoms with van der Waals surface area (Å²) in [6.45, 7) is 0.280. The maximum atomic E-state index is 12.2. The molecular formula is C14H26N2O6S. The first-order valence-electron chi connectivity index (χ1n) is 8.18. The fourth-order valence-electron chi connectivity index (χ4n) is 2.93. The molecule has 0 aromatic heterocycles. The lowest BCUT2D eigenvalue weighted by molar-refractivity contribution is -0.524. The molecule has 0 radical (unpaired) electrons. The number of hydrogen-bond acceptors (Lipinski definition) is 5. The lowest BCUT2D eigenvalue weighted by atomic mass is 9.95. The van der Waals surface area contributed by atoms with Crippen molar-refractivity contribution in [1.29, 1.82) is 0 Å². The second kappa shape index (κ2) is 9.82. The number of nitrogens with one attached hydrogen (secondary N) is 1. The molecule has 1 saturated carbocycles. The zero-order valence-corrected chi connectivity index (χ0v) is 14.1. The Morgan fingerprint density at radius 2 is 1.74 bits per heavy atom. The van der Waals surface area contributed by atoms with Crippen LogP contribution >= 0.6 is 0 Å². The molecule has 0 amide bonds. The van der Waals surface area contributed by atoms with Gasteiger partial charge in [0.15, 0.2) is 0 Å². The summed E-state index contributed by atoms with van der Waals surface area (Å²) in [5.74, 6) is -0.800. The molecule has 8 nitrogen and oxygen atoms in total. The summed E-state index contributed by atoms with van der Waals surface area (Å²) in [5.41, 5.74) is 0. The average Bonchev–Trinajstić information content (AvgIpc) is 2.49. The van der Waals surface area contributed by atoms with Gasteiger partial charge in [-0.3, -0.25) is 14.9 Å². The van der Waals surface area contributed by atoms with E-state index in [9.17, 15) is 23.3 Å². The minimum absolute atomic E-state index is 0.163. The van der Waals surface area contributed by atoms with Gasteiger partial charge in [-0.05, 0) is 25.7 Å². The maximum Gasteiger partial charge on any atom is 0.303 e. The number of carboxylic acids is 1. The first kappa shape index (κ1) is 19.8. The molecule has 9 heteroatoms. The Morgan fingerprint density at radius 1 is 1.13 bits per heavy atom. The summed E-state index contributed by atoms with van der Waals surface area (Å²) in [6, 6.07) is -1.00. The number of unbranched alkanes of at least 4 members (excludes halogenated alkanes) is 4. The molecule has 1 aliphatic carbocycles. The highest BCUT2D eigenvalue weighted by Gasteiger charge is 2.42. The Bertz CT molecular complexity index is 493. The van der Waals surface area contributed by atoms with Crippen LogP contribution in [0.4, 0.5) is 0 Å². The lowest BCUT2D eigenvalue weighted by Gasteiger charge is -2.25. The smallest absolute Gasteiger partial charge is 0.303 e. The van der Waals surface area contributed by atoms with Gasteiger partial charge in [-0.2, -0.15) is 0 Å². The van der Waals surface area contributed by atoms with Crippen LogP contribution in [-0.2, 0) is 14.8 Å². The SMILES string of the molecule is O=C(O)CCCCCCCNS(=O)(=O)C1CCCCC1[N+](=O)[O-]. The van der Waals surface area contributed by atoms with Gasteiger partial charge in [0.1, 0.15) is 5.25 Å². The van der Waals surface area contributed by atoms with E-state index in [0.29, 0.717) is 38.5 Å². The van der Waals surface area contributed by atoms with Crippen LogP contribution in [0.5, 0.6) is 0 Å². The molecule has 0 aliphatic heterocycles. The fraction of sp³-hybridized carbons (Fsp3) is 0.929. The van der Waals surface area contributed by atoms with E-state index in [1.54, 1.807) is 0 Å². The van der Waals surface area contributed by atoms with E-state index in [1.165, 1.54) is 0 Å². The number of nitrogens with zero attached hydrogens (tertiary/aromatic N) is 1. The van der Waals surface area contributed by atoms with Crippen molar-refractivity contribution in [3.05, 3.63) is 10.1 Å². The Kier molecular flexibility index (Phi) is 8.46. The predicted molar refractivity (Wildman–Crippen MR) is 85.3 cm³/mol. The predicted octanol–water partition coefficient (Wildman–Crippen LogP) is 1.92. The summed E-state index contributed by atoms with van der Waals surface area (Å²) in [6.07, 6.45) is 6.00. The second-order valence-corrected chi connectivity index (χ2v) is 8.01. The molecule has 0 saturated heterocycles. The number of sulfonamides is 1. The van der Waals surface area contributed by atoms with Crippen LogP contribution in [0.15, 0.2) is 0 Å². The molecule has 2 N–H and O–H groups in total. The highest BCUT2D eigenvalue weighted by Crippen LogP contribution is 2.25. The molecule has 1 rings (SSSR count). The van der Waals surface area contributed by atoms with Gasteiger partial charge in [-0.15, -0.1) is 0 Å². The summed E-state index contributed by atoms with van der Waals surface area (Å²) in [5, 5.41) is 18.6. The minimum atomic E-state index is -3.66. The molecule has 0 bridgehead atoms. The van der Waals surface area contributed by atoms with Crippen molar-refractivity contribution in [3.63, 3.8) is 0 Å². The van der Waals surface area contributed by atoms with Crippen LogP contribution in [0.3, 0.4) is 0 Å². The highest BCUT2D eigenvalue weighted by atomic mass is 32.2. The highest BCUT2D eigenvalue weighted by molar-refractivity contribution is 7.90. The van der Waals surface area contributed by atoms with E-state index in [2.05, 4.69) is 4.72 Å². The Balaban J connectivity index is 2.27. The molecule has 0 heterocycles. The van der Waals surface area contributed by atoms with Crippen LogP contribution in [0.2, 0.25) is 0 Å². The van der Waals surface area contributed by atoms with Crippen molar-refractivity contribution >= 4 is 16.0 Å². The van der Waals surface area contributed by atoms with Gasteiger partial charge < -0.3 is 5.11 Å². The number of carbonyl (C=O) groups is 1. The number of nitro groups is 1. The first-order chi connectivity index (χ1) is 10.8. The van der Waals surface area contributed by atoms with Gasteiger partial charge in [0.05, 0.1) is 0 Å². The summed E-state index contributed by atoms with van der Waals surface area (Å²) in [4.78, 5) is 20.9. The molecule has 0 aromatic rings. The van der Waals surface area contributed by atoms with E-state index >= 15 is 0 Å². The molecule has 2 atom stereocenters. The van der Waals surface area contributed by atoms with Crippen LogP contribution in [-0.4, -0.2) is 42.3 Å². The molecule has 0 aromatic carbocycles. The number of hydrogen-bond donors (Lipinski definition) is 2. The van der Waals surface area contributed by atoms with Crippen LogP contribution in [0.1, 0.15) is 64.2 Å². The van der Waals surface area contributed by atoms with Gasteiger partial charge in [-0.25, -0.2) is 13.1 Å². The Hall–Kier alpha value is -1.22. The van der Waals surface area contributed by atoms with E-state index in [-0.39, 0.29) is 13.0 Å². The number of carboxylic acid groups (broad SMARTS) is 1. The zero-order chi connectivity index (χ0) is 17.3. The second-order valence-electron chi connectivity index (χ2n) is 6.03. The summed E-state index contributed by atoms with van der Waals surface area (Å²) >= 11 is 0. The van der Waals surface area contributed by atoms with Crippen molar-refractivity contribution in [2.45, 2.75) is 75.5 Å². The normalized spacial score (nSPS) is 21.9. The molecule has 0 spiro atoms. The van der Waals surface area contributed by atoms with Crippen molar-refractivity contribution in [2.24, 2.45) is 0 Å². The molecule has 134 valence electrons. The first-order valence-corrected chi connectivity index (χ1v) is 9.73.